The Morgan fingerprint density at radius 3 is 2.21 bits per heavy atom. The van der Waals surface area contributed by atoms with E-state index in [2.05, 4.69) is 17.1 Å². The molecule has 0 spiro atoms. The van der Waals surface area contributed by atoms with Gasteiger partial charge in [-0.15, -0.1) is 0 Å². The minimum absolute atomic E-state index is 0.833. The number of likely N-dealkylation sites (tertiary alicyclic amines) is 1. The van der Waals surface area contributed by atoms with Gasteiger partial charge in [0.05, 0.1) is 0 Å². The van der Waals surface area contributed by atoms with Crippen LogP contribution in [-0.2, 0) is 0 Å². The summed E-state index contributed by atoms with van der Waals surface area (Å²) >= 11 is 0. The van der Waals surface area contributed by atoms with Crippen LogP contribution in [0.25, 0.3) is 0 Å². The Kier molecular flexibility index (Phi) is 2.29. The molecule has 2 aliphatic carbocycles. The molecule has 0 radical (unpaired) electrons. The second kappa shape index (κ2) is 3.49. The third-order valence-corrected chi connectivity index (χ3v) is 4.15. The number of nitrogens with zero attached hydrogens (tertiary/aromatic N) is 1. The second-order valence-corrected chi connectivity index (χ2v) is 5.53. The van der Waals surface area contributed by atoms with Gasteiger partial charge in [0.1, 0.15) is 0 Å². The molecule has 0 amide bonds. The molecule has 1 aliphatic heterocycles. The first-order valence-electron chi connectivity index (χ1n) is 6.33. The minimum atomic E-state index is 0.833. The Morgan fingerprint density at radius 1 is 1.07 bits per heavy atom. The lowest BCUT2D eigenvalue weighted by molar-refractivity contribution is 0.188. The van der Waals surface area contributed by atoms with E-state index in [0.29, 0.717) is 0 Å². The molecule has 2 heteroatoms. The summed E-state index contributed by atoms with van der Waals surface area (Å²) in [7, 11) is 0. The van der Waals surface area contributed by atoms with Crippen LogP contribution in [0.2, 0.25) is 0 Å². The molecular weight excluding hydrogens is 172 g/mol. The van der Waals surface area contributed by atoms with Gasteiger partial charge in [0, 0.05) is 18.1 Å². The molecule has 2 unspecified atom stereocenters. The largest absolute Gasteiger partial charge is 0.311 e. The fraction of sp³-hybridized carbons (Fsp3) is 1.00. The smallest absolute Gasteiger partial charge is 0.00989 e. The standard InChI is InChI=1S/C12H22N2/c1-9-8-12(9)13-10-4-6-14(7-5-10)11-2-3-11/h9-13H,2-8H2,1H3. The highest BCUT2D eigenvalue weighted by Crippen LogP contribution is 2.32. The maximum atomic E-state index is 3.80. The van der Waals surface area contributed by atoms with E-state index in [-0.39, 0.29) is 0 Å². The van der Waals surface area contributed by atoms with Gasteiger partial charge in [0.15, 0.2) is 0 Å². The van der Waals surface area contributed by atoms with Gasteiger partial charge < -0.3 is 10.2 Å². The van der Waals surface area contributed by atoms with Crippen LogP contribution in [0.4, 0.5) is 0 Å². The van der Waals surface area contributed by atoms with E-state index in [4.69, 9.17) is 0 Å². The fourth-order valence-corrected chi connectivity index (χ4v) is 2.73. The predicted octanol–water partition coefficient (Wildman–Crippen LogP) is 1.61. The molecule has 0 aromatic carbocycles. The highest BCUT2D eigenvalue weighted by molar-refractivity contribution is 4.94. The van der Waals surface area contributed by atoms with Crippen LogP contribution in [0.5, 0.6) is 0 Å². The summed E-state index contributed by atoms with van der Waals surface area (Å²) in [5.41, 5.74) is 0. The van der Waals surface area contributed by atoms with Crippen LogP contribution >= 0.6 is 0 Å². The summed E-state index contributed by atoms with van der Waals surface area (Å²) in [5, 5.41) is 3.80. The maximum Gasteiger partial charge on any atom is 0.00989 e. The molecule has 80 valence electrons. The van der Waals surface area contributed by atoms with E-state index in [9.17, 15) is 0 Å². The second-order valence-electron chi connectivity index (χ2n) is 5.53. The molecule has 0 aromatic rings. The lowest BCUT2D eigenvalue weighted by atomic mass is 10.0. The number of hydrogen-bond donors (Lipinski definition) is 1. The van der Waals surface area contributed by atoms with Gasteiger partial charge in [-0.05, 0) is 51.1 Å². The van der Waals surface area contributed by atoms with E-state index in [1.807, 2.05) is 0 Å². The highest BCUT2D eigenvalue weighted by Gasteiger charge is 2.36. The van der Waals surface area contributed by atoms with Crippen molar-refractivity contribution in [2.24, 2.45) is 5.92 Å². The molecule has 1 N–H and O–H groups in total. The molecular formula is C12H22N2. The van der Waals surface area contributed by atoms with E-state index in [0.717, 1.165) is 24.0 Å². The van der Waals surface area contributed by atoms with Crippen molar-refractivity contribution < 1.29 is 0 Å². The third kappa shape index (κ3) is 1.96. The molecule has 2 atom stereocenters. The van der Waals surface area contributed by atoms with Crippen LogP contribution in [0.1, 0.15) is 39.0 Å². The third-order valence-electron chi connectivity index (χ3n) is 4.15. The monoisotopic (exact) mass is 194 g/mol. The van der Waals surface area contributed by atoms with E-state index < -0.39 is 0 Å². The number of nitrogens with one attached hydrogen (secondary N) is 1. The zero-order chi connectivity index (χ0) is 9.54. The first-order valence-corrected chi connectivity index (χ1v) is 6.33. The SMILES string of the molecule is CC1CC1NC1CCN(C2CC2)CC1. The topological polar surface area (TPSA) is 15.3 Å². The maximum absolute atomic E-state index is 3.80. The van der Waals surface area contributed by atoms with Crippen molar-refractivity contribution in [2.75, 3.05) is 13.1 Å². The van der Waals surface area contributed by atoms with Crippen molar-refractivity contribution in [3.8, 4) is 0 Å². The molecule has 2 saturated carbocycles. The average Bonchev–Trinajstić information content (AvgIpc) is 3.06. The Morgan fingerprint density at radius 2 is 1.71 bits per heavy atom. The van der Waals surface area contributed by atoms with Crippen molar-refractivity contribution in [1.82, 2.24) is 10.2 Å². The van der Waals surface area contributed by atoms with Crippen molar-refractivity contribution >= 4 is 0 Å². The van der Waals surface area contributed by atoms with Crippen LogP contribution in [0.15, 0.2) is 0 Å². The Hall–Kier alpha value is -0.0800. The average molecular weight is 194 g/mol. The van der Waals surface area contributed by atoms with Gasteiger partial charge in [0.25, 0.3) is 0 Å². The molecule has 3 aliphatic rings. The van der Waals surface area contributed by atoms with Gasteiger partial charge in [0.2, 0.25) is 0 Å². The fourth-order valence-electron chi connectivity index (χ4n) is 2.73. The van der Waals surface area contributed by atoms with Gasteiger partial charge in [-0.1, -0.05) is 6.92 Å². The van der Waals surface area contributed by atoms with Crippen LogP contribution in [-0.4, -0.2) is 36.1 Å². The normalized spacial score (nSPS) is 40.1. The van der Waals surface area contributed by atoms with Crippen LogP contribution < -0.4 is 5.32 Å². The Labute approximate surface area is 87.0 Å². The zero-order valence-electron chi connectivity index (χ0n) is 9.21. The van der Waals surface area contributed by atoms with Crippen molar-refractivity contribution in [3.63, 3.8) is 0 Å². The first kappa shape index (κ1) is 9.17. The zero-order valence-corrected chi connectivity index (χ0v) is 9.21. The summed E-state index contributed by atoms with van der Waals surface area (Å²) in [6.45, 7) is 5.06. The Bertz CT molecular complexity index is 204. The molecule has 1 saturated heterocycles. The van der Waals surface area contributed by atoms with Gasteiger partial charge in [-0.3, -0.25) is 0 Å². The minimum Gasteiger partial charge on any atom is -0.311 e. The quantitative estimate of drug-likeness (QED) is 0.734. The summed E-state index contributed by atoms with van der Waals surface area (Å²) in [4.78, 5) is 2.70. The van der Waals surface area contributed by atoms with Gasteiger partial charge >= 0.3 is 0 Å². The molecule has 2 nitrogen and oxygen atoms in total. The molecule has 3 fully saturated rings. The van der Waals surface area contributed by atoms with E-state index in [1.54, 1.807) is 0 Å². The Balaban J connectivity index is 1.41. The molecule has 0 bridgehead atoms. The summed E-state index contributed by atoms with van der Waals surface area (Å²) < 4.78 is 0. The van der Waals surface area contributed by atoms with Crippen molar-refractivity contribution in [3.05, 3.63) is 0 Å². The van der Waals surface area contributed by atoms with Crippen molar-refractivity contribution in [1.29, 1.82) is 0 Å². The lowest BCUT2D eigenvalue weighted by Gasteiger charge is -2.32. The first-order chi connectivity index (χ1) is 6.83. The molecule has 14 heavy (non-hydrogen) atoms. The predicted molar refractivity (Wildman–Crippen MR) is 58.3 cm³/mol. The summed E-state index contributed by atoms with van der Waals surface area (Å²) in [5.74, 6) is 0.955. The van der Waals surface area contributed by atoms with E-state index in [1.165, 1.54) is 45.2 Å². The van der Waals surface area contributed by atoms with Crippen LogP contribution in [0, 0.1) is 5.92 Å². The number of piperidine rings is 1. The van der Waals surface area contributed by atoms with Gasteiger partial charge in [-0.25, -0.2) is 0 Å². The van der Waals surface area contributed by atoms with Crippen LogP contribution in [0.3, 0.4) is 0 Å². The van der Waals surface area contributed by atoms with Crippen molar-refractivity contribution in [2.45, 2.75) is 57.2 Å². The highest BCUT2D eigenvalue weighted by atomic mass is 15.2. The van der Waals surface area contributed by atoms with E-state index >= 15 is 0 Å². The molecule has 3 rings (SSSR count). The summed E-state index contributed by atoms with van der Waals surface area (Å²) in [6, 6.07) is 2.68. The lowest BCUT2D eigenvalue weighted by Crippen LogP contribution is -2.44. The summed E-state index contributed by atoms with van der Waals surface area (Å²) in [6.07, 6.45) is 7.14. The van der Waals surface area contributed by atoms with Gasteiger partial charge in [-0.2, -0.15) is 0 Å². The number of hydrogen-bond acceptors (Lipinski definition) is 2. The molecule has 1 heterocycles. The molecule has 0 aromatic heterocycles. The number of rotatable bonds is 3.